The van der Waals surface area contributed by atoms with Crippen LogP contribution < -0.4 is 10.9 Å². The van der Waals surface area contributed by atoms with Gasteiger partial charge in [-0.25, -0.2) is 0 Å². The molecule has 6 heteroatoms. The lowest BCUT2D eigenvalue weighted by atomic mass is 10.2. The SMILES string of the molecule is Cc1ccc(-n2c(=S)[nH]cc(NC(=O)c3ccccc3)c2=O)cc1. The Kier molecular flexibility index (Phi) is 4.39. The van der Waals surface area contributed by atoms with Crippen molar-refractivity contribution in [1.82, 2.24) is 9.55 Å². The minimum Gasteiger partial charge on any atom is -0.336 e. The predicted octanol–water partition coefficient (Wildman–Crippen LogP) is 3.46. The number of anilines is 1. The van der Waals surface area contributed by atoms with E-state index in [-0.39, 0.29) is 21.9 Å². The van der Waals surface area contributed by atoms with E-state index in [2.05, 4.69) is 10.3 Å². The number of hydrogen-bond donors (Lipinski definition) is 2. The summed E-state index contributed by atoms with van der Waals surface area (Å²) in [5.41, 5.74) is 1.95. The van der Waals surface area contributed by atoms with Crippen molar-refractivity contribution >= 4 is 23.8 Å². The van der Waals surface area contributed by atoms with E-state index in [9.17, 15) is 9.59 Å². The first-order valence-corrected chi connectivity index (χ1v) is 7.75. The third-order valence-corrected chi connectivity index (χ3v) is 3.85. The fourth-order valence-electron chi connectivity index (χ4n) is 2.27. The van der Waals surface area contributed by atoms with E-state index in [0.717, 1.165) is 5.56 Å². The van der Waals surface area contributed by atoms with Crippen LogP contribution >= 0.6 is 12.2 Å². The smallest absolute Gasteiger partial charge is 0.282 e. The molecule has 0 saturated carbocycles. The Bertz CT molecular complexity index is 989. The first kappa shape index (κ1) is 15.9. The van der Waals surface area contributed by atoms with Gasteiger partial charge in [0.05, 0.1) is 5.69 Å². The van der Waals surface area contributed by atoms with Crippen molar-refractivity contribution in [3.05, 3.63) is 87.0 Å². The van der Waals surface area contributed by atoms with Crippen LogP contribution in [0.4, 0.5) is 5.69 Å². The molecule has 0 aliphatic carbocycles. The van der Waals surface area contributed by atoms with Gasteiger partial charge in [-0.2, -0.15) is 0 Å². The zero-order chi connectivity index (χ0) is 17.1. The maximum atomic E-state index is 12.7. The Morgan fingerprint density at radius 1 is 1.08 bits per heavy atom. The number of nitrogens with one attached hydrogen (secondary N) is 2. The van der Waals surface area contributed by atoms with E-state index < -0.39 is 0 Å². The highest BCUT2D eigenvalue weighted by molar-refractivity contribution is 7.71. The average molecular weight is 337 g/mol. The molecule has 0 spiro atoms. The quantitative estimate of drug-likeness (QED) is 0.719. The molecule has 0 saturated heterocycles. The number of aromatic amines is 1. The topological polar surface area (TPSA) is 66.9 Å². The molecule has 0 bridgehead atoms. The monoisotopic (exact) mass is 337 g/mol. The molecule has 24 heavy (non-hydrogen) atoms. The summed E-state index contributed by atoms with van der Waals surface area (Å²) in [6.07, 6.45) is 1.41. The molecule has 0 radical (unpaired) electrons. The van der Waals surface area contributed by atoms with Crippen LogP contribution in [-0.4, -0.2) is 15.5 Å². The molecule has 0 aliphatic rings. The van der Waals surface area contributed by atoms with E-state index in [1.54, 1.807) is 24.3 Å². The number of hydrogen-bond acceptors (Lipinski definition) is 3. The Labute approximate surface area is 143 Å². The molecule has 1 amide bonds. The van der Waals surface area contributed by atoms with Gasteiger partial charge in [-0.15, -0.1) is 0 Å². The third kappa shape index (κ3) is 3.18. The number of carbonyl (C=O) groups is 1. The Morgan fingerprint density at radius 3 is 2.42 bits per heavy atom. The summed E-state index contributed by atoms with van der Waals surface area (Å²) < 4.78 is 1.62. The lowest BCUT2D eigenvalue weighted by Crippen LogP contribution is -2.26. The average Bonchev–Trinajstić information content (AvgIpc) is 2.60. The molecular formula is C18H15N3O2S. The zero-order valence-electron chi connectivity index (χ0n) is 12.9. The van der Waals surface area contributed by atoms with Crippen LogP contribution in [0.15, 0.2) is 65.6 Å². The molecule has 120 valence electrons. The largest absolute Gasteiger partial charge is 0.336 e. The first-order chi connectivity index (χ1) is 11.6. The van der Waals surface area contributed by atoms with Gasteiger partial charge in [-0.3, -0.25) is 14.2 Å². The summed E-state index contributed by atoms with van der Waals surface area (Å²) in [7, 11) is 0. The second kappa shape index (κ2) is 6.64. The second-order valence-corrected chi connectivity index (χ2v) is 5.69. The number of H-pyrrole nitrogens is 1. The number of benzene rings is 2. The molecule has 0 aliphatic heterocycles. The van der Waals surface area contributed by atoms with Crippen LogP contribution in [0.5, 0.6) is 0 Å². The minimum absolute atomic E-state index is 0.137. The molecule has 1 heterocycles. The molecule has 3 aromatic rings. The fourth-order valence-corrected chi connectivity index (χ4v) is 2.52. The highest BCUT2D eigenvalue weighted by Gasteiger charge is 2.11. The van der Waals surface area contributed by atoms with Crippen LogP contribution in [0.3, 0.4) is 0 Å². The molecule has 5 nitrogen and oxygen atoms in total. The lowest BCUT2D eigenvalue weighted by molar-refractivity contribution is 0.102. The third-order valence-electron chi connectivity index (χ3n) is 3.55. The number of aryl methyl sites for hydroxylation is 1. The van der Waals surface area contributed by atoms with Gasteiger partial charge in [0.2, 0.25) is 0 Å². The van der Waals surface area contributed by atoms with E-state index in [4.69, 9.17) is 12.2 Å². The Balaban J connectivity index is 2.01. The maximum absolute atomic E-state index is 12.7. The van der Waals surface area contributed by atoms with Gasteiger partial charge in [0.25, 0.3) is 11.5 Å². The summed E-state index contributed by atoms with van der Waals surface area (Å²) in [6, 6.07) is 16.1. The fraction of sp³-hybridized carbons (Fsp3) is 0.0556. The highest BCUT2D eigenvalue weighted by Crippen LogP contribution is 2.10. The molecule has 2 aromatic carbocycles. The molecule has 0 fully saturated rings. The summed E-state index contributed by atoms with van der Waals surface area (Å²) in [5.74, 6) is -0.353. The van der Waals surface area contributed by atoms with Crippen LogP contribution in [0.2, 0.25) is 0 Å². The predicted molar refractivity (Wildman–Crippen MR) is 96.4 cm³/mol. The van der Waals surface area contributed by atoms with Crippen LogP contribution in [0.1, 0.15) is 15.9 Å². The van der Waals surface area contributed by atoms with Gasteiger partial charge in [0.15, 0.2) is 4.77 Å². The van der Waals surface area contributed by atoms with Crippen molar-refractivity contribution in [3.8, 4) is 5.69 Å². The molecule has 1 aromatic heterocycles. The number of aromatic nitrogens is 2. The first-order valence-electron chi connectivity index (χ1n) is 7.34. The number of carbonyl (C=O) groups excluding carboxylic acids is 1. The van der Waals surface area contributed by atoms with E-state index in [1.165, 1.54) is 10.8 Å². The van der Waals surface area contributed by atoms with Crippen molar-refractivity contribution in [3.63, 3.8) is 0 Å². The minimum atomic E-state index is -0.383. The molecule has 2 N–H and O–H groups in total. The molecule has 0 atom stereocenters. The lowest BCUT2D eigenvalue weighted by Gasteiger charge is -2.10. The zero-order valence-corrected chi connectivity index (χ0v) is 13.8. The number of amides is 1. The Hall–Kier alpha value is -2.99. The molecule has 0 unspecified atom stereocenters. The summed E-state index contributed by atoms with van der Waals surface area (Å²) in [5, 5.41) is 2.63. The maximum Gasteiger partial charge on any atom is 0.282 e. The summed E-state index contributed by atoms with van der Waals surface area (Å²) in [4.78, 5) is 27.8. The van der Waals surface area contributed by atoms with Crippen molar-refractivity contribution in [2.75, 3.05) is 5.32 Å². The van der Waals surface area contributed by atoms with Crippen molar-refractivity contribution < 1.29 is 4.79 Å². The van der Waals surface area contributed by atoms with Crippen LogP contribution in [0.25, 0.3) is 5.69 Å². The number of nitrogens with zero attached hydrogens (tertiary/aromatic N) is 1. The standard InChI is InChI=1S/C18H15N3O2S/c1-12-7-9-14(10-8-12)21-17(23)15(11-19-18(21)24)20-16(22)13-5-3-2-4-6-13/h2-11H,1H3,(H,19,24)(H,20,22). The Morgan fingerprint density at radius 2 is 1.75 bits per heavy atom. The number of rotatable bonds is 3. The van der Waals surface area contributed by atoms with Gasteiger partial charge in [-0.1, -0.05) is 35.9 Å². The van der Waals surface area contributed by atoms with E-state index in [1.807, 2.05) is 37.3 Å². The van der Waals surface area contributed by atoms with Crippen molar-refractivity contribution in [1.29, 1.82) is 0 Å². The van der Waals surface area contributed by atoms with Crippen molar-refractivity contribution in [2.24, 2.45) is 0 Å². The van der Waals surface area contributed by atoms with Gasteiger partial charge < -0.3 is 10.3 Å². The van der Waals surface area contributed by atoms with Crippen molar-refractivity contribution in [2.45, 2.75) is 6.92 Å². The molecular weight excluding hydrogens is 322 g/mol. The van der Waals surface area contributed by atoms with Crippen LogP contribution in [-0.2, 0) is 0 Å². The summed E-state index contributed by atoms with van der Waals surface area (Å²) >= 11 is 5.22. The highest BCUT2D eigenvalue weighted by atomic mass is 32.1. The van der Waals surface area contributed by atoms with Gasteiger partial charge in [0, 0.05) is 11.8 Å². The van der Waals surface area contributed by atoms with Gasteiger partial charge in [-0.05, 0) is 43.4 Å². The summed E-state index contributed by atoms with van der Waals surface area (Å²) in [6.45, 7) is 1.96. The van der Waals surface area contributed by atoms with Crippen LogP contribution in [0, 0.1) is 11.7 Å². The van der Waals surface area contributed by atoms with Gasteiger partial charge >= 0.3 is 0 Å². The van der Waals surface area contributed by atoms with E-state index >= 15 is 0 Å². The normalized spacial score (nSPS) is 10.4. The van der Waals surface area contributed by atoms with Gasteiger partial charge in [0.1, 0.15) is 5.69 Å². The second-order valence-electron chi connectivity index (χ2n) is 5.30. The molecule has 3 rings (SSSR count). The van der Waals surface area contributed by atoms with E-state index in [0.29, 0.717) is 11.3 Å².